The SMILES string of the molecule is CCOP(=O)(OCC)C([N+](C)(C)C)(P(=O)(OCC)OCC)P(=O)(OCC)OCC. The van der Waals surface area contributed by atoms with Gasteiger partial charge in [0.2, 0.25) is 0 Å². The van der Waals surface area contributed by atoms with Crippen LogP contribution in [0.3, 0.4) is 0 Å². The highest BCUT2D eigenvalue weighted by atomic mass is 31.3. The van der Waals surface area contributed by atoms with Gasteiger partial charge < -0.3 is 27.1 Å². The summed E-state index contributed by atoms with van der Waals surface area (Å²) in [6.07, 6.45) is 0. The predicted octanol–water partition coefficient (Wildman–Crippen LogP) is 5.10. The molecule has 13 heteroatoms. The van der Waals surface area contributed by atoms with Gasteiger partial charge in [-0.15, -0.1) is 0 Å². The van der Waals surface area contributed by atoms with Crippen LogP contribution in [0.1, 0.15) is 41.5 Å². The molecule has 0 spiro atoms. The lowest BCUT2D eigenvalue weighted by Gasteiger charge is -2.50. The van der Waals surface area contributed by atoms with Crippen molar-refractivity contribution < 1.29 is 45.3 Å². The number of nitrogens with zero attached hydrogens (tertiary/aromatic N) is 1. The fraction of sp³-hybridized carbons (Fsp3) is 1.00. The summed E-state index contributed by atoms with van der Waals surface area (Å²) in [6.45, 7) is 9.25. The summed E-state index contributed by atoms with van der Waals surface area (Å²) in [5, 5.41) is 0. The van der Waals surface area contributed by atoms with E-state index in [0.29, 0.717) is 0 Å². The van der Waals surface area contributed by atoms with E-state index in [1.807, 2.05) is 0 Å². The Morgan fingerprint density at radius 2 is 0.690 bits per heavy atom. The molecule has 10 nitrogen and oxygen atoms in total. The van der Waals surface area contributed by atoms with Gasteiger partial charge in [-0.1, -0.05) is 0 Å². The lowest BCUT2D eigenvalue weighted by Crippen LogP contribution is -2.57. The fourth-order valence-corrected chi connectivity index (χ4v) is 14.4. The van der Waals surface area contributed by atoms with Gasteiger partial charge in [-0.25, -0.2) is 0 Å². The van der Waals surface area contributed by atoms with Crippen molar-refractivity contribution in [3.63, 3.8) is 0 Å². The Hall–Kier alpha value is 0.410. The second-order valence-electron chi connectivity index (χ2n) is 6.61. The molecule has 176 valence electrons. The zero-order valence-electron chi connectivity index (χ0n) is 19.2. The van der Waals surface area contributed by atoms with Crippen molar-refractivity contribution in [1.29, 1.82) is 0 Å². The van der Waals surface area contributed by atoms with Crippen LogP contribution in [0.4, 0.5) is 0 Å². The lowest BCUT2D eigenvalue weighted by molar-refractivity contribution is -0.883. The smallest absolute Gasteiger partial charge is 0.304 e. The van der Waals surface area contributed by atoms with E-state index in [0.717, 1.165) is 0 Å². The second-order valence-corrected chi connectivity index (χ2v) is 14.1. The van der Waals surface area contributed by atoms with Gasteiger partial charge in [0.05, 0.1) is 60.8 Å². The Morgan fingerprint density at radius 3 is 0.793 bits per heavy atom. The predicted molar refractivity (Wildman–Crippen MR) is 113 cm³/mol. The van der Waals surface area contributed by atoms with E-state index < -0.39 is 32.0 Å². The van der Waals surface area contributed by atoms with Gasteiger partial charge in [-0.05, 0) is 41.5 Å². The van der Waals surface area contributed by atoms with Crippen molar-refractivity contribution in [1.82, 2.24) is 0 Å². The quantitative estimate of drug-likeness (QED) is 0.219. The zero-order chi connectivity index (χ0) is 23.0. The zero-order valence-corrected chi connectivity index (χ0v) is 21.9. The summed E-state index contributed by atoms with van der Waals surface area (Å²) in [6, 6.07) is 0. The van der Waals surface area contributed by atoms with E-state index in [1.54, 1.807) is 62.7 Å². The van der Waals surface area contributed by atoms with E-state index in [9.17, 15) is 13.7 Å². The Balaban J connectivity index is 7.70. The number of hydrogen-bond acceptors (Lipinski definition) is 9. The summed E-state index contributed by atoms with van der Waals surface area (Å²) in [5.74, 6) is 0. The van der Waals surface area contributed by atoms with Crippen molar-refractivity contribution in [2.75, 3.05) is 60.8 Å². The molecular formula is C16H39NO9P3+. The standard InChI is InChI=1S/C16H39NO9P3/c1-10-21-27(18,22-11-2)16(17(7,8)9,28(19,23-12-3)24-13-4)29(20,25-14-5)26-15-6/h10-15H2,1-9H3/q+1. The molecule has 0 aliphatic heterocycles. The average Bonchev–Trinajstić information content (AvgIpc) is 2.54. The highest BCUT2D eigenvalue weighted by Gasteiger charge is 2.85. The summed E-state index contributed by atoms with van der Waals surface area (Å²) in [7, 11) is -8.83. The minimum atomic E-state index is -4.50. The number of quaternary nitrogens is 1. The molecule has 0 fully saturated rings. The molecule has 0 aliphatic carbocycles. The van der Waals surface area contributed by atoms with Crippen LogP contribution in [-0.2, 0) is 40.8 Å². The van der Waals surface area contributed by atoms with E-state index in [4.69, 9.17) is 27.1 Å². The third kappa shape index (κ3) is 5.43. The van der Waals surface area contributed by atoms with Gasteiger partial charge >= 0.3 is 27.5 Å². The van der Waals surface area contributed by atoms with E-state index in [1.165, 1.54) is 0 Å². The Bertz CT molecular complexity index is 532. The Labute approximate surface area is 175 Å². The molecule has 0 amide bonds. The summed E-state index contributed by atoms with van der Waals surface area (Å²) in [5.41, 5.74) is 0. The van der Waals surface area contributed by atoms with Gasteiger partial charge in [0.1, 0.15) is 0 Å². The van der Waals surface area contributed by atoms with E-state index in [2.05, 4.69) is 0 Å². The summed E-state index contributed by atoms with van der Waals surface area (Å²) >= 11 is 0. The molecule has 0 saturated carbocycles. The average molecular weight is 482 g/mol. The van der Waals surface area contributed by atoms with Crippen LogP contribution >= 0.6 is 22.8 Å². The second kappa shape index (κ2) is 11.9. The van der Waals surface area contributed by atoms with Crippen LogP contribution in [0.25, 0.3) is 0 Å². The molecule has 0 aromatic rings. The van der Waals surface area contributed by atoms with Crippen LogP contribution in [0.5, 0.6) is 0 Å². The monoisotopic (exact) mass is 482 g/mol. The van der Waals surface area contributed by atoms with Gasteiger partial charge in [-0.2, -0.15) is 0 Å². The first kappa shape index (κ1) is 29.4. The van der Waals surface area contributed by atoms with Gasteiger partial charge in [0, 0.05) is 0 Å². The molecule has 0 heterocycles. The molecule has 0 saturated heterocycles. The highest BCUT2D eigenvalue weighted by molar-refractivity contribution is 7.90. The van der Waals surface area contributed by atoms with Gasteiger partial charge in [-0.3, -0.25) is 18.2 Å². The molecule has 0 radical (unpaired) electrons. The van der Waals surface area contributed by atoms with Crippen LogP contribution in [0.2, 0.25) is 0 Å². The van der Waals surface area contributed by atoms with Crippen molar-refractivity contribution in [3.05, 3.63) is 0 Å². The van der Waals surface area contributed by atoms with Gasteiger partial charge in [0.15, 0.2) is 0 Å². The lowest BCUT2D eigenvalue weighted by atomic mass is 10.7. The molecular weight excluding hydrogens is 443 g/mol. The maximum atomic E-state index is 14.4. The first-order valence-electron chi connectivity index (χ1n) is 9.85. The van der Waals surface area contributed by atoms with E-state index >= 15 is 0 Å². The van der Waals surface area contributed by atoms with Crippen LogP contribution in [0.15, 0.2) is 0 Å². The van der Waals surface area contributed by atoms with Gasteiger partial charge in [0.25, 0.3) is 0 Å². The number of hydrogen-bond donors (Lipinski definition) is 0. The topological polar surface area (TPSA) is 107 Å². The van der Waals surface area contributed by atoms with Crippen molar-refractivity contribution in [2.45, 2.75) is 46.3 Å². The van der Waals surface area contributed by atoms with Crippen LogP contribution < -0.4 is 0 Å². The molecule has 29 heavy (non-hydrogen) atoms. The molecule has 0 unspecified atom stereocenters. The first-order chi connectivity index (χ1) is 13.4. The largest absolute Gasteiger partial charge is 0.416 e. The Kier molecular flexibility index (Phi) is 12.0. The molecule has 0 aliphatic rings. The minimum absolute atomic E-state index is 0.0600. The van der Waals surface area contributed by atoms with Crippen molar-refractivity contribution in [2.24, 2.45) is 0 Å². The molecule has 0 bridgehead atoms. The number of rotatable bonds is 16. The summed E-state index contributed by atoms with van der Waals surface area (Å²) in [4.78, 5) is 0. The highest BCUT2D eigenvalue weighted by Crippen LogP contribution is 2.92. The molecule has 0 aromatic carbocycles. The maximum Gasteiger partial charge on any atom is 0.416 e. The Morgan fingerprint density at radius 1 is 0.517 bits per heavy atom. The maximum absolute atomic E-state index is 14.4. The normalized spacial score (nSPS) is 14.4. The third-order valence-electron chi connectivity index (χ3n) is 3.80. The first-order valence-corrected chi connectivity index (χ1v) is 14.5. The van der Waals surface area contributed by atoms with Crippen molar-refractivity contribution in [3.8, 4) is 0 Å². The van der Waals surface area contributed by atoms with Crippen LogP contribution in [0, 0.1) is 0 Å². The molecule has 0 atom stereocenters. The van der Waals surface area contributed by atoms with E-state index in [-0.39, 0.29) is 39.6 Å². The van der Waals surface area contributed by atoms with Crippen LogP contribution in [-0.4, -0.2) is 70.0 Å². The molecule has 0 aromatic heterocycles. The minimum Gasteiger partial charge on any atom is -0.304 e. The fourth-order valence-electron chi connectivity index (χ4n) is 3.20. The summed E-state index contributed by atoms with van der Waals surface area (Å²) < 4.78 is 73.7. The third-order valence-corrected chi connectivity index (χ3v) is 15.8. The molecule has 0 rings (SSSR count). The van der Waals surface area contributed by atoms with Crippen molar-refractivity contribution >= 4 is 22.8 Å². The molecule has 0 N–H and O–H groups in total.